The van der Waals surface area contributed by atoms with Crippen molar-refractivity contribution in [1.29, 1.82) is 0 Å². The van der Waals surface area contributed by atoms with Crippen LogP contribution in [0.3, 0.4) is 0 Å². The average molecular weight is 1120 g/mol. The summed E-state index contributed by atoms with van der Waals surface area (Å²) >= 11 is 0. The molecule has 2 aliphatic carbocycles. The molecule has 21 heteroatoms. The molecule has 75 heavy (non-hydrogen) atoms. The Morgan fingerprint density at radius 2 is 0.827 bits per heavy atom. The molecular weight excluding hydrogens is 1000 g/mol. The number of amides is 4. The Labute approximate surface area is 463 Å². The number of hydrogen-bond acceptors (Lipinski definition) is 15. The summed E-state index contributed by atoms with van der Waals surface area (Å²) in [7, 11) is -4.13. The van der Waals surface area contributed by atoms with Gasteiger partial charge in [-0.25, -0.2) is 28.8 Å². The minimum Gasteiger partial charge on any atom is -0.425 e. The summed E-state index contributed by atoms with van der Waals surface area (Å²) in [6, 6.07) is 0.380. The van der Waals surface area contributed by atoms with Gasteiger partial charge in [0, 0.05) is 50.2 Å². The fraction of sp³-hybridized carbons (Fsp3) is 0.815. The molecular formula is C54H122N4O15Si2. The minimum atomic E-state index is -2.25. The highest BCUT2D eigenvalue weighted by Crippen LogP contribution is 2.47. The van der Waals surface area contributed by atoms with E-state index in [2.05, 4.69) is 75.2 Å². The number of ether oxygens (including phenoxy) is 8. The molecule has 0 aromatic carbocycles. The maximum Gasteiger partial charge on any atom is 0.410 e. The predicted molar refractivity (Wildman–Crippen MR) is 318 cm³/mol. The van der Waals surface area contributed by atoms with Gasteiger partial charge in [0.15, 0.2) is 13.6 Å². The molecule has 0 aliphatic heterocycles. The van der Waals surface area contributed by atoms with E-state index in [0.717, 1.165) is 31.0 Å². The third kappa shape index (κ3) is 41.6. The Morgan fingerprint density at radius 1 is 0.493 bits per heavy atom. The molecule has 19 nitrogen and oxygen atoms in total. The van der Waals surface area contributed by atoms with Gasteiger partial charge in [0.05, 0.1) is 14.3 Å². The second-order valence-electron chi connectivity index (χ2n) is 20.3. The summed E-state index contributed by atoms with van der Waals surface area (Å²) < 4.78 is 47.6. The number of nitrogens with one attached hydrogen (secondary N) is 4. The van der Waals surface area contributed by atoms with E-state index in [1.54, 1.807) is 0 Å². The second kappa shape index (κ2) is 43.9. The molecule has 2 fully saturated rings. The Kier molecular flexibility index (Phi) is 56.4. The van der Waals surface area contributed by atoms with E-state index in [0.29, 0.717) is 57.8 Å². The molecule has 4 amide bonds. The Hall–Kier alpha value is -4.19. The van der Waals surface area contributed by atoms with Crippen LogP contribution in [0, 0.1) is 21.7 Å². The molecule has 4 unspecified atom stereocenters. The van der Waals surface area contributed by atoms with E-state index in [-0.39, 0.29) is 136 Å². The number of rotatable bonds is 24. The fourth-order valence-corrected chi connectivity index (χ4v) is 11.7. The molecule has 2 saturated carbocycles. The van der Waals surface area contributed by atoms with Crippen LogP contribution in [0.1, 0.15) is 169 Å². The van der Waals surface area contributed by atoms with E-state index < -0.39 is 66.3 Å². The first-order chi connectivity index (χ1) is 29.2. The van der Waals surface area contributed by atoms with Crippen molar-refractivity contribution in [3.05, 3.63) is 25.3 Å². The molecule has 0 saturated heterocycles. The molecule has 0 radical (unpaired) electrons. The summed E-state index contributed by atoms with van der Waals surface area (Å²) in [5.74, 6) is -1.39. The van der Waals surface area contributed by atoms with Crippen LogP contribution in [0.5, 0.6) is 0 Å². The van der Waals surface area contributed by atoms with E-state index in [4.69, 9.17) is 42.3 Å². The predicted octanol–water partition coefficient (Wildman–Crippen LogP) is 14.0. The monoisotopic (exact) mass is 1120 g/mol. The van der Waals surface area contributed by atoms with Crippen molar-refractivity contribution in [2.24, 2.45) is 21.7 Å². The van der Waals surface area contributed by atoms with Gasteiger partial charge < -0.3 is 63.6 Å². The van der Waals surface area contributed by atoms with Gasteiger partial charge in [-0.05, 0) is 79.3 Å². The summed E-state index contributed by atoms with van der Waals surface area (Å²) in [4.78, 5) is 72.1. The maximum atomic E-state index is 12.6. The molecule has 4 N–H and O–H groups in total. The second-order valence-corrected chi connectivity index (χ2v) is 29.5. The lowest BCUT2D eigenvalue weighted by atomic mass is 9.62. The largest absolute Gasteiger partial charge is 0.425 e. The topological polar surface area (TPSA) is 234 Å². The van der Waals surface area contributed by atoms with Gasteiger partial charge in [-0.15, -0.1) is 0 Å². The summed E-state index contributed by atoms with van der Waals surface area (Å²) in [6.45, 7) is 27.2. The summed E-state index contributed by atoms with van der Waals surface area (Å²) in [5.41, 5.74) is -0.927. The Bertz CT molecular complexity index is 1470. The zero-order valence-corrected chi connectivity index (χ0v) is 41.2. The van der Waals surface area contributed by atoms with Crippen LogP contribution in [0.4, 0.5) is 19.2 Å². The van der Waals surface area contributed by atoms with Crippen molar-refractivity contribution < 1.29 is 71.1 Å². The highest BCUT2D eigenvalue weighted by molar-refractivity contribution is 6.77. The van der Waals surface area contributed by atoms with Crippen molar-refractivity contribution in [3.63, 3.8) is 0 Å². The number of carbonyl (C=O) groups is 6. The van der Waals surface area contributed by atoms with Crippen LogP contribution in [0.2, 0.25) is 32.2 Å². The lowest BCUT2D eigenvalue weighted by Crippen LogP contribution is -2.50. The molecule has 4 atom stereocenters. The quantitative estimate of drug-likeness (QED) is 0.0176. The summed E-state index contributed by atoms with van der Waals surface area (Å²) in [6.07, 6.45) is 4.35. The lowest BCUT2D eigenvalue weighted by Gasteiger charge is -2.46. The standard InChI is InChI=1S/C42H74N4O15Si2.12CH4/c1-13-33(47)55-27-59-37(51)45-31-17-39(3,4)21-41(7,19-31)23-43-35(49)57-25-53-29-62(9,10)16-15-61-63(11,12)30-54-26-58-36(50)44-24-42(8)20-32(18-40(5,6)22-42)46-38(52)60-28-56-34(48)14-2;;;;;;;;;;;;/h13-14,31-32H,1-2,15-30H2,3-12H3,(H,43,49)(H,44,50)(H,45,51)(H,46,52);12*1H4. The molecule has 0 bridgehead atoms. The number of esters is 2. The van der Waals surface area contributed by atoms with E-state index in [1.165, 1.54) is 0 Å². The highest BCUT2D eigenvalue weighted by Gasteiger charge is 2.43. The third-order valence-electron chi connectivity index (χ3n) is 10.7. The lowest BCUT2D eigenvalue weighted by molar-refractivity contribution is -0.146. The van der Waals surface area contributed by atoms with Crippen LogP contribution in [0.15, 0.2) is 25.3 Å². The van der Waals surface area contributed by atoms with Gasteiger partial charge in [0.1, 0.15) is 0 Å². The molecule has 2 aliphatic rings. The van der Waals surface area contributed by atoms with Gasteiger partial charge in [0.2, 0.25) is 21.9 Å². The zero-order valence-electron chi connectivity index (χ0n) is 39.2. The smallest absolute Gasteiger partial charge is 0.410 e. The summed E-state index contributed by atoms with van der Waals surface area (Å²) in [5, 5.41) is 11.4. The Morgan fingerprint density at radius 3 is 1.17 bits per heavy atom. The first-order valence-corrected chi connectivity index (χ1v) is 27.8. The molecule has 0 heterocycles. The van der Waals surface area contributed by atoms with Crippen LogP contribution in [-0.4, -0.2) is 124 Å². The highest BCUT2D eigenvalue weighted by atomic mass is 28.4. The first-order valence-electron chi connectivity index (χ1n) is 21.2. The maximum absolute atomic E-state index is 12.6. The molecule has 456 valence electrons. The van der Waals surface area contributed by atoms with Gasteiger partial charge in [-0.3, -0.25) is 0 Å². The number of alkyl carbamates (subject to hydrolysis) is 4. The van der Waals surface area contributed by atoms with Crippen molar-refractivity contribution >= 4 is 52.7 Å². The molecule has 0 aromatic rings. The van der Waals surface area contributed by atoms with Gasteiger partial charge in [0.25, 0.3) is 0 Å². The van der Waals surface area contributed by atoms with Gasteiger partial charge in [-0.1, -0.05) is 157 Å². The zero-order chi connectivity index (χ0) is 47.5. The van der Waals surface area contributed by atoms with Crippen LogP contribution in [0.25, 0.3) is 0 Å². The average Bonchev–Trinajstić information content (AvgIpc) is 3.14. The number of hydrogen-bond donors (Lipinski definition) is 4. The Balaban J connectivity index is -0.000000379. The van der Waals surface area contributed by atoms with Crippen LogP contribution < -0.4 is 21.3 Å². The molecule has 0 aromatic heterocycles. The van der Waals surface area contributed by atoms with Crippen LogP contribution in [-0.2, 0) is 51.9 Å². The number of carbonyl (C=O) groups excluding carboxylic acids is 6. The molecule has 0 spiro atoms. The van der Waals surface area contributed by atoms with Crippen molar-refractivity contribution in [1.82, 2.24) is 21.3 Å². The SMILES string of the molecule is C.C.C.C.C.C.C.C.C.C.C.C.C=CC(=O)OCOC(=O)NC1CC(C)(C)CC(C)(CNC(=O)OCOC[Si](C)(C)CCO[Si](C)(C)COCOC(=O)NCC2(C)CC(NC(=O)OCOC(=O)C=C)CC(C)(C)C2)C1. The van der Waals surface area contributed by atoms with E-state index in [1.807, 2.05) is 26.9 Å². The normalized spacial score (nSPS) is 19.2. The van der Waals surface area contributed by atoms with E-state index >= 15 is 0 Å². The van der Waals surface area contributed by atoms with Gasteiger partial charge in [-0.2, -0.15) is 0 Å². The fourth-order valence-electron chi connectivity index (χ4n) is 8.74. The molecule has 2 rings (SSSR count). The minimum absolute atomic E-state index is 0. The van der Waals surface area contributed by atoms with Crippen molar-refractivity contribution in [2.75, 3.05) is 59.3 Å². The first kappa shape index (κ1) is 96.5. The van der Waals surface area contributed by atoms with Crippen LogP contribution >= 0.6 is 0 Å². The van der Waals surface area contributed by atoms with Gasteiger partial charge >= 0.3 is 36.3 Å². The third-order valence-corrected chi connectivity index (χ3v) is 15.2. The van der Waals surface area contributed by atoms with E-state index in [9.17, 15) is 28.8 Å². The van der Waals surface area contributed by atoms with Crippen molar-refractivity contribution in [3.8, 4) is 0 Å². The van der Waals surface area contributed by atoms with Crippen molar-refractivity contribution in [2.45, 2.75) is 214 Å².